The summed E-state index contributed by atoms with van der Waals surface area (Å²) in [6.45, 7) is 0.408. The fourth-order valence-electron chi connectivity index (χ4n) is 2.83. The van der Waals surface area contributed by atoms with Crippen LogP contribution in [0.15, 0.2) is 72.8 Å². The lowest BCUT2D eigenvalue weighted by atomic mass is 10.1. The van der Waals surface area contributed by atoms with Gasteiger partial charge in [0.05, 0.1) is 4.70 Å². The zero-order valence-electron chi connectivity index (χ0n) is 15.2. The molecule has 0 unspecified atom stereocenters. The minimum Gasteiger partial charge on any atom is -0.348 e. The van der Waals surface area contributed by atoms with E-state index in [0.717, 1.165) is 15.6 Å². The first-order chi connectivity index (χ1) is 14.1. The van der Waals surface area contributed by atoms with E-state index >= 15 is 0 Å². The summed E-state index contributed by atoms with van der Waals surface area (Å²) in [4.78, 5) is 24.9. The molecule has 0 spiro atoms. The summed E-state index contributed by atoms with van der Waals surface area (Å²) in [7, 11) is 0. The molecule has 1 heterocycles. The van der Waals surface area contributed by atoms with Crippen LogP contribution in [0.25, 0.3) is 10.1 Å². The van der Waals surface area contributed by atoms with Gasteiger partial charge in [0.2, 0.25) is 0 Å². The van der Waals surface area contributed by atoms with Crippen molar-refractivity contribution < 1.29 is 9.59 Å². The molecule has 0 saturated carbocycles. The van der Waals surface area contributed by atoms with Gasteiger partial charge in [-0.15, -0.1) is 0 Å². The van der Waals surface area contributed by atoms with Crippen LogP contribution < -0.4 is 10.6 Å². The number of nitrogens with one attached hydrogen (secondary N) is 2. The molecule has 4 rings (SSSR count). The normalized spacial score (nSPS) is 10.7. The zero-order valence-corrected chi connectivity index (χ0v) is 16.8. The van der Waals surface area contributed by atoms with Gasteiger partial charge >= 0.3 is 0 Å². The van der Waals surface area contributed by atoms with Crippen LogP contribution in [0.4, 0.5) is 5.69 Å². The molecule has 144 valence electrons. The summed E-state index contributed by atoms with van der Waals surface area (Å²) in [6.07, 6.45) is 0. The number of fused-ring (bicyclic) bond motifs is 1. The third kappa shape index (κ3) is 4.45. The maximum atomic E-state index is 12.5. The van der Waals surface area contributed by atoms with Gasteiger partial charge in [-0.2, -0.15) is 4.37 Å². The minimum atomic E-state index is -0.276. The molecule has 0 fully saturated rings. The third-order valence-corrected chi connectivity index (χ3v) is 5.44. The van der Waals surface area contributed by atoms with Crippen molar-refractivity contribution in [2.24, 2.45) is 0 Å². The number of amides is 2. The number of nitrogens with zero attached hydrogens (tertiary/aromatic N) is 1. The van der Waals surface area contributed by atoms with Crippen LogP contribution in [-0.4, -0.2) is 16.2 Å². The molecule has 0 atom stereocenters. The highest BCUT2D eigenvalue weighted by Crippen LogP contribution is 2.23. The van der Waals surface area contributed by atoms with Crippen LogP contribution >= 0.6 is 23.1 Å². The average Bonchev–Trinajstić information content (AvgIpc) is 3.18. The topological polar surface area (TPSA) is 71.1 Å². The summed E-state index contributed by atoms with van der Waals surface area (Å²) in [5.41, 5.74) is 2.47. The molecular weight excluding hydrogens is 406 g/mol. The van der Waals surface area contributed by atoms with E-state index in [-0.39, 0.29) is 11.8 Å². The first kappa shape index (κ1) is 19.1. The fourth-order valence-corrected chi connectivity index (χ4v) is 3.73. The van der Waals surface area contributed by atoms with Gasteiger partial charge in [0, 0.05) is 28.2 Å². The Morgan fingerprint density at radius 3 is 2.38 bits per heavy atom. The van der Waals surface area contributed by atoms with Gasteiger partial charge in [-0.05, 0) is 59.6 Å². The van der Waals surface area contributed by atoms with Gasteiger partial charge in [-0.1, -0.05) is 41.9 Å². The van der Waals surface area contributed by atoms with E-state index in [9.17, 15) is 9.59 Å². The molecule has 0 aliphatic heterocycles. The van der Waals surface area contributed by atoms with E-state index in [0.29, 0.717) is 28.5 Å². The van der Waals surface area contributed by atoms with Crippen molar-refractivity contribution in [2.45, 2.75) is 6.54 Å². The van der Waals surface area contributed by atoms with E-state index in [2.05, 4.69) is 15.0 Å². The molecule has 0 aliphatic carbocycles. The standard InChI is InChI=1S/C22H16ClN3O2S/c23-16-9-5-14(6-10-16)13-24-21(27)15-7-11-17(12-8-15)25-22(28)20-18-3-1-2-4-19(18)29-26-20/h1-12H,13H2,(H,24,27)(H,25,28). The highest BCUT2D eigenvalue weighted by Gasteiger charge is 2.14. The Morgan fingerprint density at radius 2 is 1.62 bits per heavy atom. The highest BCUT2D eigenvalue weighted by atomic mass is 35.5. The van der Waals surface area contributed by atoms with Gasteiger partial charge in [-0.25, -0.2) is 0 Å². The Labute approximate surface area is 176 Å². The highest BCUT2D eigenvalue weighted by molar-refractivity contribution is 7.13. The van der Waals surface area contributed by atoms with E-state index in [4.69, 9.17) is 11.6 Å². The Balaban J connectivity index is 1.39. The van der Waals surface area contributed by atoms with Crippen LogP contribution in [0.3, 0.4) is 0 Å². The van der Waals surface area contributed by atoms with Crippen molar-refractivity contribution in [1.82, 2.24) is 9.69 Å². The van der Waals surface area contributed by atoms with Gasteiger partial charge < -0.3 is 10.6 Å². The van der Waals surface area contributed by atoms with Crippen LogP contribution in [0, 0.1) is 0 Å². The lowest BCUT2D eigenvalue weighted by molar-refractivity contribution is 0.0950. The van der Waals surface area contributed by atoms with Crippen molar-refractivity contribution in [1.29, 1.82) is 0 Å². The summed E-state index contributed by atoms with van der Waals surface area (Å²) in [5.74, 6) is -0.467. The Bertz CT molecular complexity index is 1170. The summed E-state index contributed by atoms with van der Waals surface area (Å²) < 4.78 is 5.22. The quantitative estimate of drug-likeness (QED) is 0.469. The van der Waals surface area contributed by atoms with Crippen LogP contribution in [0.1, 0.15) is 26.4 Å². The Hall–Kier alpha value is -3.22. The molecular formula is C22H16ClN3O2S. The van der Waals surface area contributed by atoms with Gasteiger partial charge in [0.1, 0.15) is 5.69 Å². The summed E-state index contributed by atoms with van der Waals surface area (Å²) in [5, 5.41) is 7.17. The lowest BCUT2D eigenvalue weighted by Crippen LogP contribution is -2.22. The molecule has 0 saturated heterocycles. The van der Waals surface area contributed by atoms with Crippen LogP contribution in [-0.2, 0) is 6.54 Å². The number of carbonyl (C=O) groups excluding carboxylic acids is 2. The molecule has 3 aromatic carbocycles. The van der Waals surface area contributed by atoms with Gasteiger partial charge in [0.15, 0.2) is 0 Å². The maximum Gasteiger partial charge on any atom is 0.276 e. The molecule has 0 radical (unpaired) electrons. The van der Waals surface area contributed by atoms with Crippen molar-refractivity contribution >= 4 is 50.7 Å². The monoisotopic (exact) mass is 421 g/mol. The molecule has 29 heavy (non-hydrogen) atoms. The average molecular weight is 422 g/mol. The number of benzene rings is 3. The fraction of sp³-hybridized carbons (Fsp3) is 0.0455. The SMILES string of the molecule is O=C(NCc1ccc(Cl)cc1)c1ccc(NC(=O)c2nsc3ccccc23)cc1. The number of aromatic nitrogens is 1. The largest absolute Gasteiger partial charge is 0.348 e. The first-order valence-electron chi connectivity index (χ1n) is 8.88. The smallest absolute Gasteiger partial charge is 0.276 e. The minimum absolute atomic E-state index is 0.191. The van der Waals surface area contributed by atoms with Gasteiger partial charge in [-0.3, -0.25) is 9.59 Å². The van der Waals surface area contributed by atoms with Crippen LogP contribution in [0.5, 0.6) is 0 Å². The number of halogens is 1. The molecule has 0 bridgehead atoms. The van der Waals surface area contributed by atoms with E-state index < -0.39 is 0 Å². The van der Waals surface area contributed by atoms with E-state index in [1.165, 1.54) is 11.5 Å². The van der Waals surface area contributed by atoms with Crippen molar-refractivity contribution in [3.05, 3.63) is 94.6 Å². The third-order valence-electron chi connectivity index (χ3n) is 4.36. The second-order valence-corrected chi connectivity index (χ2v) is 7.61. The zero-order chi connectivity index (χ0) is 20.2. The number of carbonyl (C=O) groups is 2. The van der Waals surface area contributed by atoms with E-state index in [1.807, 2.05) is 36.4 Å². The molecule has 0 aliphatic rings. The summed E-state index contributed by atoms with van der Waals surface area (Å²) in [6, 6.07) is 21.6. The number of anilines is 1. The first-order valence-corrected chi connectivity index (χ1v) is 10.0. The van der Waals surface area contributed by atoms with Crippen LogP contribution in [0.2, 0.25) is 5.02 Å². The number of hydrogen-bond acceptors (Lipinski definition) is 4. The number of hydrogen-bond donors (Lipinski definition) is 2. The van der Waals surface area contributed by atoms with Crippen molar-refractivity contribution in [2.75, 3.05) is 5.32 Å². The maximum absolute atomic E-state index is 12.5. The second-order valence-electron chi connectivity index (χ2n) is 6.37. The second kappa shape index (κ2) is 8.43. The van der Waals surface area contributed by atoms with E-state index in [1.54, 1.807) is 36.4 Å². The molecule has 5 nitrogen and oxygen atoms in total. The molecule has 7 heteroatoms. The van der Waals surface area contributed by atoms with Crippen molar-refractivity contribution in [3.8, 4) is 0 Å². The Morgan fingerprint density at radius 1 is 0.897 bits per heavy atom. The van der Waals surface area contributed by atoms with Crippen molar-refractivity contribution in [3.63, 3.8) is 0 Å². The summed E-state index contributed by atoms with van der Waals surface area (Å²) >= 11 is 7.15. The number of rotatable bonds is 5. The van der Waals surface area contributed by atoms with Gasteiger partial charge in [0.25, 0.3) is 11.8 Å². The Kier molecular flexibility index (Phi) is 5.55. The molecule has 1 aromatic heterocycles. The lowest BCUT2D eigenvalue weighted by Gasteiger charge is -2.07. The predicted molar refractivity (Wildman–Crippen MR) is 117 cm³/mol. The predicted octanol–water partition coefficient (Wildman–Crippen LogP) is 5.13. The molecule has 4 aromatic rings. The molecule has 2 N–H and O–H groups in total. The molecule has 2 amide bonds.